The van der Waals surface area contributed by atoms with Crippen LogP contribution in [0.1, 0.15) is 43.0 Å². The van der Waals surface area contributed by atoms with Gasteiger partial charge in [-0.3, -0.25) is 0 Å². The molecule has 0 saturated heterocycles. The van der Waals surface area contributed by atoms with Gasteiger partial charge in [0.1, 0.15) is 5.82 Å². The Morgan fingerprint density at radius 3 is 2.36 bits per heavy atom. The van der Waals surface area contributed by atoms with E-state index in [2.05, 4.69) is 51.2 Å². The summed E-state index contributed by atoms with van der Waals surface area (Å²) in [4.78, 5) is 1.04. The van der Waals surface area contributed by atoms with Crippen molar-refractivity contribution < 1.29 is 4.39 Å². The van der Waals surface area contributed by atoms with E-state index in [4.69, 9.17) is 0 Å². The molecule has 22 heavy (non-hydrogen) atoms. The van der Waals surface area contributed by atoms with Crippen LogP contribution in [0.4, 0.5) is 10.1 Å². The highest BCUT2D eigenvalue weighted by Crippen LogP contribution is 2.33. The van der Waals surface area contributed by atoms with E-state index in [0.29, 0.717) is 0 Å². The van der Waals surface area contributed by atoms with E-state index in [9.17, 15) is 4.39 Å². The highest BCUT2D eigenvalue weighted by Gasteiger charge is 2.16. The minimum atomic E-state index is -0.165. The number of rotatable bonds is 6. The Kier molecular flexibility index (Phi) is 5.90. The van der Waals surface area contributed by atoms with Gasteiger partial charge in [0.15, 0.2) is 0 Å². The van der Waals surface area contributed by atoms with Crippen molar-refractivity contribution in [1.29, 1.82) is 0 Å². The molecular formula is C19H24FNS. The molecule has 0 radical (unpaired) electrons. The van der Waals surface area contributed by atoms with Crippen LogP contribution in [0.5, 0.6) is 0 Å². The first-order chi connectivity index (χ1) is 10.6. The van der Waals surface area contributed by atoms with Crippen LogP contribution in [-0.4, -0.2) is 5.75 Å². The molecule has 0 amide bonds. The van der Waals surface area contributed by atoms with Crippen LogP contribution in [-0.2, 0) is 0 Å². The van der Waals surface area contributed by atoms with E-state index in [1.807, 2.05) is 6.07 Å². The molecule has 2 rings (SSSR count). The molecule has 2 aromatic rings. The van der Waals surface area contributed by atoms with Gasteiger partial charge in [0.25, 0.3) is 0 Å². The SMILES string of the molecule is CCSc1cc(F)ccc1C(CC)Nc1c(C)cccc1C. The average Bonchev–Trinajstić information content (AvgIpc) is 2.48. The minimum absolute atomic E-state index is 0.165. The molecule has 0 aromatic heterocycles. The Hall–Kier alpha value is -1.48. The first kappa shape index (κ1) is 16.9. The van der Waals surface area contributed by atoms with Gasteiger partial charge in [-0.05, 0) is 54.8 Å². The van der Waals surface area contributed by atoms with Crippen molar-refractivity contribution in [2.24, 2.45) is 0 Å². The van der Waals surface area contributed by atoms with Gasteiger partial charge >= 0.3 is 0 Å². The molecule has 118 valence electrons. The largest absolute Gasteiger partial charge is 0.378 e. The fourth-order valence-corrected chi connectivity index (χ4v) is 3.58. The summed E-state index contributed by atoms with van der Waals surface area (Å²) < 4.78 is 13.6. The molecule has 1 N–H and O–H groups in total. The quantitative estimate of drug-likeness (QED) is 0.644. The molecule has 1 unspecified atom stereocenters. The molecule has 0 heterocycles. The van der Waals surface area contributed by atoms with Crippen LogP contribution in [0.15, 0.2) is 41.3 Å². The lowest BCUT2D eigenvalue weighted by Crippen LogP contribution is -2.13. The Bertz CT molecular complexity index is 619. The third-order valence-corrected chi connectivity index (χ3v) is 4.81. The number of anilines is 1. The zero-order valence-corrected chi connectivity index (χ0v) is 14.6. The lowest BCUT2D eigenvalue weighted by molar-refractivity contribution is 0.619. The van der Waals surface area contributed by atoms with E-state index in [-0.39, 0.29) is 11.9 Å². The normalized spacial score (nSPS) is 12.2. The number of aryl methyl sites for hydroxylation is 2. The smallest absolute Gasteiger partial charge is 0.124 e. The lowest BCUT2D eigenvalue weighted by Gasteiger charge is -2.24. The molecule has 0 aliphatic carbocycles. The highest BCUT2D eigenvalue weighted by atomic mass is 32.2. The lowest BCUT2D eigenvalue weighted by atomic mass is 10.0. The Labute approximate surface area is 137 Å². The summed E-state index contributed by atoms with van der Waals surface area (Å²) in [6.07, 6.45) is 0.955. The van der Waals surface area contributed by atoms with Crippen molar-refractivity contribution in [2.45, 2.75) is 45.1 Å². The predicted octanol–water partition coefficient (Wildman–Crippen LogP) is 6.12. The first-order valence-electron chi connectivity index (χ1n) is 7.81. The van der Waals surface area contributed by atoms with Crippen molar-refractivity contribution >= 4 is 17.4 Å². The molecule has 2 aromatic carbocycles. The van der Waals surface area contributed by atoms with Gasteiger partial charge in [-0.25, -0.2) is 4.39 Å². The molecule has 0 spiro atoms. The number of benzene rings is 2. The summed E-state index contributed by atoms with van der Waals surface area (Å²) in [5.41, 5.74) is 4.85. The van der Waals surface area contributed by atoms with Crippen molar-refractivity contribution in [3.05, 3.63) is 58.9 Å². The summed E-state index contributed by atoms with van der Waals surface area (Å²) in [5.74, 6) is 0.776. The monoisotopic (exact) mass is 317 g/mol. The van der Waals surface area contributed by atoms with Gasteiger partial charge in [-0.2, -0.15) is 0 Å². The van der Waals surface area contributed by atoms with Crippen LogP contribution in [0.2, 0.25) is 0 Å². The second kappa shape index (κ2) is 7.68. The van der Waals surface area contributed by atoms with E-state index < -0.39 is 0 Å². The summed E-state index contributed by atoms with van der Waals surface area (Å²) >= 11 is 1.70. The maximum atomic E-state index is 13.6. The molecule has 3 heteroatoms. The summed E-state index contributed by atoms with van der Waals surface area (Å²) in [7, 11) is 0. The number of hydrogen-bond donors (Lipinski definition) is 1. The molecule has 0 fully saturated rings. The molecule has 1 nitrogen and oxygen atoms in total. The van der Waals surface area contributed by atoms with Gasteiger partial charge in [-0.15, -0.1) is 11.8 Å². The van der Waals surface area contributed by atoms with E-state index >= 15 is 0 Å². The van der Waals surface area contributed by atoms with Crippen LogP contribution in [0.3, 0.4) is 0 Å². The van der Waals surface area contributed by atoms with Crippen LogP contribution in [0.25, 0.3) is 0 Å². The fourth-order valence-electron chi connectivity index (χ4n) is 2.69. The Balaban J connectivity index is 2.36. The Morgan fingerprint density at radius 2 is 1.77 bits per heavy atom. The van der Waals surface area contributed by atoms with Crippen LogP contribution >= 0.6 is 11.8 Å². The second-order valence-electron chi connectivity index (χ2n) is 5.49. The third-order valence-electron chi connectivity index (χ3n) is 3.86. The number of hydrogen-bond acceptors (Lipinski definition) is 2. The van der Waals surface area contributed by atoms with Gasteiger partial charge in [0.2, 0.25) is 0 Å². The number of para-hydroxylation sites is 1. The van der Waals surface area contributed by atoms with Crippen molar-refractivity contribution in [2.75, 3.05) is 11.1 Å². The standard InChI is InChI=1S/C19H24FNS/c1-5-17(21-19-13(3)8-7-9-14(19)4)16-11-10-15(20)12-18(16)22-6-2/h7-12,17,21H,5-6H2,1-4H3. The first-order valence-corrected chi connectivity index (χ1v) is 8.80. The van der Waals surface area contributed by atoms with Gasteiger partial charge in [0.05, 0.1) is 6.04 Å². The molecule has 0 aliphatic rings. The number of thioether (sulfide) groups is 1. The molecule has 0 saturated carbocycles. The van der Waals surface area contributed by atoms with Crippen molar-refractivity contribution in [3.63, 3.8) is 0 Å². The topological polar surface area (TPSA) is 12.0 Å². The summed E-state index contributed by atoms with van der Waals surface area (Å²) in [6, 6.07) is 11.6. The molecule has 0 aliphatic heterocycles. The zero-order chi connectivity index (χ0) is 16.1. The van der Waals surface area contributed by atoms with Gasteiger partial charge in [0, 0.05) is 10.6 Å². The van der Waals surface area contributed by atoms with Gasteiger partial charge in [-0.1, -0.05) is 38.1 Å². The summed E-state index contributed by atoms with van der Waals surface area (Å²) in [5, 5.41) is 3.66. The third kappa shape index (κ3) is 3.83. The van der Waals surface area contributed by atoms with E-state index in [1.54, 1.807) is 23.9 Å². The van der Waals surface area contributed by atoms with Crippen molar-refractivity contribution in [3.8, 4) is 0 Å². The number of nitrogens with one attached hydrogen (secondary N) is 1. The maximum Gasteiger partial charge on any atom is 0.124 e. The molecule has 1 atom stereocenters. The second-order valence-corrected chi connectivity index (χ2v) is 6.79. The number of halogens is 1. The van der Waals surface area contributed by atoms with E-state index in [0.717, 1.165) is 17.1 Å². The zero-order valence-electron chi connectivity index (χ0n) is 13.7. The van der Waals surface area contributed by atoms with Crippen LogP contribution in [0, 0.1) is 19.7 Å². The van der Waals surface area contributed by atoms with Crippen LogP contribution < -0.4 is 5.32 Å². The Morgan fingerprint density at radius 1 is 1.09 bits per heavy atom. The molecule has 0 bridgehead atoms. The predicted molar refractivity (Wildman–Crippen MR) is 95.4 cm³/mol. The minimum Gasteiger partial charge on any atom is -0.378 e. The molecular weight excluding hydrogens is 293 g/mol. The van der Waals surface area contributed by atoms with Crippen molar-refractivity contribution in [1.82, 2.24) is 0 Å². The fraction of sp³-hybridized carbons (Fsp3) is 0.368. The maximum absolute atomic E-state index is 13.6. The van der Waals surface area contributed by atoms with Gasteiger partial charge < -0.3 is 5.32 Å². The average molecular weight is 317 g/mol. The van der Waals surface area contributed by atoms with E-state index in [1.165, 1.54) is 22.4 Å². The summed E-state index contributed by atoms with van der Waals surface area (Å²) in [6.45, 7) is 8.50. The highest BCUT2D eigenvalue weighted by molar-refractivity contribution is 7.99.